The zero-order chi connectivity index (χ0) is 15.6. The lowest BCUT2D eigenvalue weighted by Crippen LogP contribution is -2.63. The summed E-state index contributed by atoms with van der Waals surface area (Å²) in [5.74, 6) is 1.66. The maximum absolute atomic E-state index is 4.36. The van der Waals surface area contributed by atoms with E-state index in [0.717, 1.165) is 55.6 Å². The second kappa shape index (κ2) is 6.37. The van der Waals surface area contributed by atoms with Gasteiger partial charge in [0.25, 0.3) is 0 Å². The van der Waals surface area contributed by atoms with E-state index in [2.05, 4.69) is 50.6 Å². The number of hydrogen-bond donors (Lipinski definition) is 0. The molecule has 0 spiro atoms. The zero-order valence-corrected chi connectivity index (χ0v) is 14.3. The minimum atomic E-state index is 0.598. The average Bonchev–Trinajstić information content (AvgIpc) is 2.57. The van der Waals surface area contributed by atoms with Crippen molar-refractivity contribution in [2.24, 2.45) is 0 Å². The molecule has 2 aliphatic heterocycles. The van der Waals surface area contributed by atoms with Gasteiger partial charge < -0.3 is 9.80 Å². The van der Waals surface area contributed by atoms with Crippen LogP contribution in [-0.4, -0.2) is 70.1 Å². The first-order valence-corrected chi connectivity index (χ1v) is 8.57. The molecule has 0 amide bonds. The molecule has 0 unspecified atom stereocenters. The predicted octanol–water partition coefficient (Wildman–Crippen LogP) is 1.04. The highest BCUT2D eigenvalue weighted by Gasteiger charge is 2.35. The van der Waals surface area contributed by atoms with Crippen LogP contribution in [0.2, 0.25) is 0 Å². The van der Waals surface area contributed by atoms with Gasteiger partial charge in [-0.2, -0.15) is 0 Å². The summed E-state index contributed by atoms with van der Waals surface area (Å²) in [5.41, 5.74) is 0. The molecule has 0 saturated carbocycles. The summed E-state index contributed by atoms with van der Waals surface area (Å²) in [6.45, 7) is 6.08. The summed E-state index contributed by atoms with van der Waals surface area (Å²) >= 11 is 3.37. The molecule has 0 radical (unpaired) electrons. The van der Waals surface area contributed by atoms with Crippen LogP contribution < -0.4 is 9.80 Å². The number of halogens is 1. The maximum Gasteiger partial charge on any atom is 0.225 e. The lowest BCUT2D eigenvalue weighted by atomic mass is 10.1. The molecular formula is C15H18BrN7. The lowest BCUT2D eigenvalue weighted by Gasteiger charge is -2.48. The van der Waals surface area contributed by atoms with Crippen LogP contribution >= 0.6 is 15.9 Å². The van der Waals surface area contributed by atoms with Crippen molar-refractivity contribution < 1.29 is 0 Å². The van der Waals surface area contributed by atoms with Crippen molar-refractivity contribution in [2.75, 3.05) is 49.1 Å². The van der Waals surface area contributed by atoms with Gasteiger partial charge in [0.1, 0.15) is 0 Å². The Hall–Kier alpha value is -1.80. The minimum Gasteiger partial charge on any atom is -0.338 e. The molecule has 2 aliphatic rings. The van der Waals surface area contributed by atoms with Crippen molar-refractivity contribution in [3.63, 3.8) is 0 Å². The first kappa shape index (κ1) is 14.8. The molecule has 0 atom stereocenters. The molecule has 23 heavy (non-hydrogen) atoms. The molecule has 0 aliphatic carbocycles. The van der Waals surface area contributed by atoms with Gasteiger partial charge in [-0.1, -0.05) is 0 Å². The van der Waals surface area contributed by atoms with Gasteiger partial charge in [0.05, 0.1) is 4.47 Å². The van der Waals surface area contributed by atoms with Gasteiger partial charge in [-0.3, -0.25) is 4.90 Å². The third kappa shape index (κ3) is 3.13. The molecule has 0 aromatic carbocycles. The molecule has 0 bridgehead atoms. The largest absolute Gasteiger partial charge is 0.338 e. The van der Waals surface area contributed by atoms with Crippen LogP contribution in [0.1, 0.15) is 0 Å². The molecule has 2 fully saturated rings. The molecule has 7 nitrogen and oxygen atoms in total. The summed E-state index contributed by atoms with van der Waals surface area (Å²) < 4.78 is 0.914. The van der Waals surface area contributed by atoms with Gasteiger partial charge >= 0.3 is 0 Å². The second-order valence-electron chi connectivity index (χ2n) is 5.83. The van der Waals surface area contributed by atoms with Gasteiger partial charge in [-0.15, -0.1) is 0 Å². The molecule has 120 valence electrons. The van der Waals surface area contributed by atoms with Crippen LogP contribution in [0.25, 0.3) is 0 Å². The van der Waals surface area contributed by atoms with Crippen LogP contribution in [-0.2, 0) is 0 Å². The van der Waals surface area contributed by atoms with E-state index >= 15 is 0 Å². The minimum absolute atomic E-state index is 0.598. The Morgan fingerprint density at radius 1 is 0.826 bits per heavy atom. The van der Waals surface area contributed by atoms with Gasteiger partial charge in [-0.05, 0) is 22.0 Å². The van der Waals surface area contributed by atoms with E-state index in [9.17, 15) is 0 Å². The Labute approximate surface area is 143 Å². The quantitative estimate of drug-likeness (QED) is 0.793. The topological polar surface area (TPSA) is 61.3 Å². The summed E-state index contributed by atoms with van der Waals surface area (Å²) in [6, 6.07) is 2.45. The van der Waals surface area contributed by atoms with E-state index < -0.39 is 0 Å². The van der Waals surface area contributed by atoms with Gasteiger partial charge in [0.2, 0.25) is 11.9 Å². The Bertz CT molecular complexity index is 637. The van der Waals surface area contributed by atoms with Crippen molar-refractivity contribution in [2.45, 2.75) is 6.04 Å². The van der Waals surface area contributed by atoms with E-state index in [-0.39, 0.29) is 0 Å². The summed E-state index contributed by atoms with van der Waals surface area (Å²) in [7, 11) is 0. The normalized spacial score (nSPS) is 19.7. The van der Waals surface area contributed by atoms with E-state index in [1.165, 1.54) is 0 Å². The Kier molecular flexibility index (Phi) is 4.09. The number of piperazine rings is 1. The number of anilines is 2. The van der Waals surface area contributed by atoms with Crippen LogP contribution in [0.15, 0.2) is 35.3 Å². The molecule has 2 saturated heterocycles. The molecular weight excluding hydrogens is 358 g/mol. The van der Waals surface area contributed by atoms with Gasteiger partial charge in [0, 0.05) is 70.1 Å². The van der Waals surface area contributed by atoms with Crippen LogP contribution in [0, 0.1) is 0 Å². The fourth-order valence-electron chi connectivity index (χ4n) is 3.06. The van der Waals surface area contributed by atoms with Crippen molar-refractivity contribution in [1.29, 1.82) is 0 Å². The third-order valence-corrected chi connectivity index (χ3v) is 4.83. The van der Waals surface area contributed by atoms with Gasteiger partial charge in [0.15, 0.2) is 0 Å². The smallest absolute Gasteiger partial charge is 0.225 e. The average molecular weight is 376 g/mol. The zero-order valence-electron chi connectivity index (χ0n) is 12.7. The van der Waals surface area contributed by atoms with Crippen molar-refractivity contribution in [3.8, 4) is 0 Å². The highest BCUT2D eigenvalue weighted by atomic mass is 79.9. The molecule has 0 N–H and O–H groups in total. The van der Waals surface area contributed by atoms with E-state index in [1.807, 2.05) is 6.07 Å². The number of aromatic nitrogens is 4. The fraction of sp³-hybridized carbons (Fsp3) is 0.467. The molecule has 2 aromatic heterocycles. The second-order valence-corrected chi connectivity index (χ2v) is 6.75. The third-order valence-electron chi connectivity index (χ3n) is 4.42. The summed E-state index contributed by atoms with van der Waals surface area (Å²) in [5, 5.41) is 0. The summed E-state index contributed by atoms with van der Waals surface area (Å²) in [4.78, 5) is 24.4. The maximum atomic E-state index is 4.36. The molecule has 4 heterocycles. The van der Waals surface area contributed by atoms with Crippen molar-refractivity contribution in [1.82, 2.24) is 24.8 Å². The van der Waals surface area contributed by atoms with Crippen molar-refractivity contribution >= 4 is 27.8 Å². The summed E-state index contributed by atoms with van der Waals surface area (Å²) in [6.07, 6.45) is 7.20. The standard InChI is InChI=1S/C15H18BrN7/c16-12-8-19-15(20-9-12)23-10-13(11-23)21-4-6-22(7-5-21)14-17-2-1-3-18-14/h1-3,8-9,13H,4-7,10-11H2. The lowest BCUT2D eigenvalue weighted by molar-refractivity contribution is 0.155. The number of hydrogen-bond acceptors (Lipinski definition) is 7. The highest BCUT2D eigenvalue weighted by Crippen LogP contribution is 2.22. The fourth-order valence-corrected chi connectivity index (χ4v) is 3.26. The number of nitrogens with zero attached hydrogens (tertiary/aromatic N) is 7. The van der Waals surface area contributed by atoms with E-state index in [1.54, 1.807) is 24.8 Å². The number of rotatable bonds is 3. The molecule has 2 aromatic rings. The first-order valence-electron chi connectivity index (χ1n) is 7.78. The van der Waals surface area contributed by atoms with Crippen LogP contribution in [0.5, 0.6) is 0 Å². The van der Waals surface area contributed by atoms with E-state index in [0.29, 0.717) is 6.04 Å². The van der Waals surface area contributed by atoms with Gasteiger partial charge in [-0.25, -0.2) is 19.9 Å². The van der Waals surface area contributed by atoms with Crippen molar-refractivity contribution in [3.05, 3.63) is 35.3 Å². The highest BCUT2D eigenvalue weighted by molar-refractivity contribution is 9.10. The first-order chi connectivity index (χ1) is 11.3. The molecule has 8 heteroatoms. The Morgan fingerprint density at radius 3 is 2.09 bits per heavy atom. The Balaban J connectivity index is 1.28. The SMILES string of the molecule is Brc1cnc(N2CC(N3CCN(c4ncccn4)CC3)C2)nc1. The monoisotopic (exact) mass is 375 g/mol. The van der Waals surface area contributed by atoms with Crippen LogP contribution in [0.3, 0.4) is 0 Å². The Morgan fingerprint density at radius 2 is 1.43 bits per heavy atom. The van der Waals surface area contributed by atoms with E-state index in [4.69, 9.17) is 0 Å². The van der Waals surface area contributed by atoms with Crippen LogP contribution in [0.4, 0.5) is 11.9 Å². The molecule has 4 rings (SSSR count). The predicted molar refractivity (Wildman–Crippen MR) is 91.6 cm³/mol.